The molecule has 1 aliphatic heterocycles. The van der Waals surface area contributed by atoms with Crippen molar-refractivity contribution in [2.45, 2.75) is 26.3 Å². The molecule has 0 unspecified atom stereocenters. The number of amides is 1. The molecule has 1 aromatic heterocycles. The van der Waals surface area contributed by atoms with E-state index in [4.69, 9.17) is 4.98 Å². The largest absolute Gasteiger partial charge is 0.356 e. The van der Waals surface area contributed by atoms with Crippen molar-refractivity contribution in [1.82, 2.24) is 15.3 Å². The van der Waals surface area contributed by atoms with Crippen LogP contribution in [0, 0.1) is 12.8 Å². The average molecular weight is 386 g/mol. The lowest BCUT2D eigenvalue weighted by molar-refractivity contribution is -0.125. The van der Waals surface area contributed by atoms with E-state index in [1.54, 1.807) is 0 Å². The van der Waals surface area contributed by atoms with Crippen LogP contribution in [-0.4, -0.2) is 29.0 Å². The van der Waals surface area contributed by atoms with Crippen molar-refractivity contribution in [1.29, 1.82) is 0 Å². The lowest BCUT2D eigenvalue weighted by atomic mass is 9.96. The number of carbonyl (C=O) groups is 1. The second-order valence-electron chi connectivity index (χ2n) is 7.57. The lowest BCUT2D eigenvalue weighted by Crippen LogP contribution is -2.40. The minimum atomic E-state index is 0.0633. The zero-order chi connectivity index (χ0) is 20.1. The molecule has 1 N–H and O–H groups in total. The van der Waals surface area contributed by atoms with Gasteiger partial charge in [0.15, 0.2) is 5.82 Å². The first kappa shape index (κ1) is 19.1. The van der Waals surface area contributed by atoms with E-state index in [1.165, 1.54) is 5.56 Å². The van der Waals surface area contributed by atoms with Crippen molar-refractivity contribution >= 4 is 11.7 Å². The van der Waals surface area contributed by atoms with Gasteiger partial charge in [-0.3, -0.25) is 4.79 Å². The van der Waals surface area contributed by atoms with Gasteiger partial charge in [-0.1, -0.05) is 60.2 Å². The second-order valence-corrected chi connectivity index (χ2v) is 7.57. The Morgan fingerprint density at radius 1 is 1.03 bits per heavy atom. The van der Waals surface area contributed by atoms with E-state index in [0.717, 1.165) is 48.7 Å². The Balaban J connectivity index is 1.34. The van der Waals surface area contributed by atoms with Crippen LogP contribution in [0.3, 0.4) is 0 Å². The number of carbonyl (C=O) groups excluding carboxylic acids is 1. The van der Waals surface area contributed by atoms with E-state index in [-0.39, 0.29) is 11.8 Å². The fraction of sp³-hybridized carbons (Fsp3) is 0.292. The molecule has 0 bridgehead atoms. The third-order valence-electron chi connectivity index (χ3n) is 5.45. The highest BCUT2D eigenvalue weighted by atomic mass is 16.1. The molecule has 0 radical (unpaired) electrons. The first-order valence-electron chi connectivity index (χ1n) is 10.2. The molecule has 2 aromatic carbocycles. The number of aryl methyl sites for hydroxylation is 1. The number of hydrogen-bond acceptors (Lipinski definition) is 4. The third kappa shape index (κ3) is 4.80. The predicted molar refractivity (Wildman–Crippen MR) is 115 cm³/mol. The maximum Gasteiger partial charge on any atom is 0.223 e. The van der Waals surface area contributed by atoms with E-state index in [0.29, 0.717) is 6.54 Å². The number of piperidine rings is 1. The molecule has 4 rings (SSSR count). The van der Waals surface area contributed by atoms with Crippen LogP contribution in [-0.2, 0) is 11.3 Å². The molecule has 3 aromatic rings. The monoisotopic (exact) mass is 386 g/mol. The van der Waals surface area contributed by atoms with Gasteiger partial charge in [-0.05, 0) is 31.4 Å². The molecule has 1 saturated heterocycles. The first-order chi connectivity index (χ1) is 14.2. The molecule has 2 heterocycles. The zero-order valence-corrected chi connectivity index (χ0v) is 16.7. The van der Waals surface area contributed by atoms with Crippen LogP contribution in [0.25, 0.3) is 11.4 Å². The molecule has 0 atom stereocenters. The molecular weight excluding hydrogens is 360 g/mol. The lowest BCUT2D eigenvalue weighted by Gasteiger charge is -2.32. The maximum atomic E-state index is 12.5. The molecule has 1 aliphatic rings. The van der Waals surface area contributed by atoms with Crippen molar-refractivity contribution in [2.24, 2.45) is 5.92 Å². The summed E-state index contributed by atoms with van der Waals surface area (Å²) in [5.41, 5.74) is 3.37. The summed E-state index contributed by atoms with van der Waals surface area (Å²) in [6.45, 7) is 4.31. The van der Waals surface area contributed by atoms with Gasteiger partial charge >= 0.3 is 0 Å². The number of nitrogens with zero attached hydrogens (tertiary/aromatic N) is 3. The van der Waals surface area contributed by atoms with Gasteiger partial charge in [0, 0.05) is 37.3 Å². The Morgan fingerprint density at radius 2 is 1.76 bits per heavy atom. The summed E-state index contributed by atoms with van der Waals surface area (Å²) in [4.78, 5) is 24.0. The van der Waals surface area contributed by atoms with E-state index in [2.05, 4.69) is 46.4 Å². The fourth-order valence-corrected chi connectivity index (χ4v) is 3.67. The summed E-state index contributed by atoms with van der Waals surface area (Å²) in [6.07, 6.45) is 3.49. The molecule has 5 nitrogen and oxygen atoms in total. The minimum Gasteiger partial charge on any atom is -0.356 e. The van der Waals surface area contributed by atoms with Crippen LogP contribution >= 0.6 is 0 Å². The topological polar surface area (TPSA) is 58.1 Å². The quantitative estimate of drug-likeness (QED) is 0.720. The molecule has 1 amide bonds. The molecule has 0 aliphatic carbocycles. The molecular formula is C24H26N4O. The van der Waals surface area contributed by atoms with Gasteiger partial charge in [-0.2, -0.15) is 0 Å². The molecule has 0 saturated carbocycles. The fourth-order valence-electron chi connectivity index (χ4n) is 3.67. The summed E-state index contributed by atoms with van der Waals surface area (Å²) in [6, 6.07) is 20.2. The Kier molecular flexibility index (Phi) is 5.84. The summed E-state index contributed by atoms with van der Waals surface area (Å²) >= 11 is 0. The van der Waals surface area contributed by atoms with E-state index < -0.39 is 0 Å². The number of rotatable bonds is 5. The summed E-state index contributed by atoms with van der Waals surface area (Å²) in [7, 11) is 0. The Labute approximate surface area is 171 Å². The molecule has 148 valence electrons. The standard InChI is InChI=1S/C24H26N4O/c1-18-7-9-20(10-8-18)23-25-14-11-22(27-23)28-15-12-21(13-16-28)24(29)26-17-19-5-3-2-4-6-19/h2-11,14,21H,12-13,15-17H2,1H3,(H,26,29). The maximum absolute atomic E-state index is 12.5. The van der Waals surface area contributed by atoms with Crippen molar-refractivity contribution < 1.29 is 4.79 Å². The summed E-state index contributed by atoms with van der Waals surface area (Å²) < 4.78 is 0. The third-order valence-corrected chi connectivity index (χ3v) is 5.45. The van der Waals surface area contributed by atoms with Crippen molar-refractivity contribution in [3.63, 3.8) is 0 Å². The van der Waals surface area contributed by atoms with Crippen LogP contribution in [0.2, 0.25) is 0 Å². The number of anilines is 1. The second kappa shape index (κ2) is 8.86. The van der Waals surface area contributed by atoms with E-state index in [9.17, 15) is 4.79 Å². The Hall–Kier alpha value is -3.21. The van der Waals surface area contributed by atoms with Crippen LogP contribution in [0.15, 0.2) is 66.9 Å². The van der Waals surface area contributed by atoms with Crippen molar-refractivity contribution in [3.05, 3.63) is 78.0 Å². The predicted octanol–water partition coefficient (Wildman–Crippen LogP) is 3.98. The van der Waals surface area contributed by atoms with Gasteiger partial charge in [-0.25, -0.2) is 9.97 Å². The summed E-state index contributed by atoms with van der Waals surface area (Å²) in [5, 5.41) is 3.08. The zero-order valence-electron chi connectivity index (χ0n) is 16.7. The number of benzene rings is 2. The SMILES string of the molecule is Cc1ccc(-c2nccc(N3CCC(C(=O)NCc4ccccc4)CC3)n2)cc1. The van der Waals surface area contributed by atoms with Gasteiger partial charge in [0.1, 0.15) is 5.82 Å². The van der Waals surface area contributed by atoms with Crippen LogP contribution < -0.4 is 10.2 Å². The minimum absolute atomic E-state index is 0.0633. The highest BCUT2D eigenvalue weighted by Crippen LogP contribution is 2.24. The van der Waals surface area contributed by atoms with Gasteiger partial charge < -0.3 is 10.2 Å². The number of hydrogen-bond donors (Lipinski definition) is 1. The van der Waals surface area contributed by atoms with Gasteiger partial charge in [0.05, 0.1) is 0 Å². The van der Waals surface area contributed by atoms with Gasteiger partial charge in [0.25, 0.3) is 0 Å². The van der Waals surface area contributed by atoms with Crippen LogP contribution in [0.4, 0.5) is 5.82 Å². The summed E-state index contributed by atoms with van der Waals surface area (Å²) in [5.74, 6) is 1.88. The highest BCUT2D eigenvalue weighted by Gasteiger charge is 2.25. The Bertz CT molecular complexity index is 948. The molecule has 29 heavy (non-hydrogen) atoms. The van der Waals surface area contributed by atoms with Crippen molar-refractivity contribution in [2.75, 3.05) is 18.0 Å². The van der Waals surface area contributed by atoms with Crippen LogP contribution in [0.5, 0.6) is 0 Å². The first-order valence-corrected chi connectivity index (χ1v) is 10.2. The van der Waals surface area contributed by atoms with E-state index in [1.807, 2.05) is 42.6 Å². The van der Waals surface area contributed by atoms with Crippen LogP contribution in [0.1, 0.15) is 24.0 Å². The molecule has 1 fully saturated rings. The smallest absolute Gasteiger partial charge is 0.223 e. The highest BCUT2D eigenvalue weighted by molar-refractivity contribution is 5.79. The molecule has 5 heteroatoms. The number of nitrogens with one attached hydrogen (secondary N) is 1. The van der Waals surface area contributed by atoms with Gasteiger partial charge in [0.2, 0.25) is 5.91 Å². The average Bonchev–Trinajstić information content (AvgIpc) is 2.79. The molecule has 0 spiro atoms. The number of aromatic nitrogens is 2. The van der Waals surface area contributed by atoms with Gasteiger partial charge in [-0.15, -0.1) is 0 Å². The van der Waals surface area contributed by atoms with Crippen molar-refractivity contribution in [3.8, 4) is 11.4 Å². The normalized spacial score (nSPS) is 14.6. The Morgan fingerprint density at radius 3 is 2.48 bits per heavy atom. The van der Waals surface area contributed by atoms with E-state index >= 15 is 0 Å².